The number of aryl methyl sites for hydroxylation is 1. The molecule has 0 aromatic carbocycles. The Balaban J connectivity index is 1.61. The quantitative estimate of drug-likeness (QED) is 0.817. The van der Waals surface area contributed by atoms with E-state index in [0.717, 1.165) is 50.5 Å². The minimum Gasteiger partial charge on any atom is -0.468 e. The van der Waals surface area contributed by atoms with Crippen molar-refractivity contribution in [2.75, 3.05) is 13.1 Å². The molecule has 2 aromatic rings. The first kappa shape index (κ1) is 18.9. The van der Waals surface area contributed by atoms with Crippen LogP contribution in [-0.2, 0) is 19.4 Å². The zero-order valence-corrected chi connectivity index (χ0v) is 16.5. The minimum absolute atomic E-state index is 0.0111. The summed E-state index contributed by atoms with van der Waals surface area (Å²) in [6.45, 7) is 6.74. The van der Waals surface area contributed by atoms with Crippen molar-refractivity contribution in [3.8, 4) is 0 Å². The second-order valence-corrected chi connectivity index (χ2v) is 8.01. The molecule has 0 saturated heterocycles. The predicted molar refractivity (Wildman–Crippen MR) is 102 cm³/mol. The second-order valence-electron chi connectivity index (χ2n) is 8.01. The van der Waals surface area contributed by atoms with Gasteiger partial charge in [-0.1, -0.05) is 13.8 Å². The van der Waals surface area contributed by atoms with Crippen LogP contribution in [0.3, 0.4) is 0 Å². The van der Waals surface area contributed by atoms with Gasteiger partial charge < -0.3 is 19.6 Å². The first-order valence-corrected chi connectivity index (χ1v) is 10.1. The molecule has 0 bridgehead atoms. The number of rotatable bonds is 5. The lowest BCUT2D eigenvalue weighted by atomic mass is 9.93. The van der Waals surface area contributed by atoms with Gasteiger partial charge in [0.15, 0.2) is 11.6 Å². The van der Waals surface area contributed by atoms with Crippen LogP contribution in [-0.4, -0.2) is 39.5 Å². The summed E-state index contributed by atoms with van der Waals surface area (Å²) in [7, 11) is 0. The molecule has 0 fully saturated rings. The van der Waals surface area contributed by atoms with Crippen LogP contribution in [0.2, 0.25) is 0 Å². The number of fused-ring (bicyclic) bond motifs is 2. The van der Waals surface area contributed by atoms with Crippen molar-refractivity contribution in [3.05, 3.63) is 34.8 Å². The molecule has 2 aliphatic rings. The number of carbonyl (C=O) groups excluding carboxylic acids is 2. The summed E-state index contributed by atoms with van der Waals surface area (Å²) in [6.07, 6.45) is 4.92. The smallest absolute Gasteiger partial charge is 0.255 e. The molecule has 1 aliphatic heterocycles. The topological polar surface area (TPSA) is 102 Å². The van der Waals surface area contributed by atoms with Gasteiger partial charge in [0.05, 0.1) is 17.2 Å². The number of amides is 1. The molecule has 1 atom stereocenters. The average molecular weight is 385 g/mol. The first-order chi connectivity index (χ1) is 13.5. The molecule has 150 valence electrons. The monoisotopic (exact) mass is 385 g/mol. The third kappa shape index (κ3) is 3.61. The lowest BCUT2D eigenvalue weighted by Gasteiger charge is -2.21. The van der Waals surface area contributed by atoms with E-state index in [2.05, 4.69) is 39.2 Å². The standard InChI is InChI=1S/C20H27N5O3/c1-12(2)10-14(19-24-23-17-6-7-21-8-9-25(17)19)22-20(27)13-11-28-16-5-3-4-15(26)18(13)16/h11-12,14,21H,3-10H2,1-2H3,(H,22,27). The molecular weight excluding hydrogens is 358 g/mol. The molecule has 3 heterocycles. The summed E-state index contributed by atoms with van der Waals surface area (Å²) in [5.74, 6) is 2.42. The van der Waals surface area contributed by atoms with Crippen molar-refractivity contribution in [3.63, 3.8) is 0 Å². The third-order valence-corrected chi connectivity index (χ3v) is 5.42. The Morgan fingerprint density at radius 2 is 2.14 bits per heavy atom. The van der Waals surface area contributed by atoms with Crippen molar-refractivity contribution < 1.29 is 14.0 Å². The Morgan fingerprint density at radius 3 is 2.96 bits per heavy atom. The Morgan fingerprint density at radius 1 is 1.29 bits per heavy atom. The maximum atomic E-state index is 13.1. The molecule has 2 aromatic heterocycles. The Bertz CT molecular complexity index is 883. The van der Waals surface area contributed by atoms with E-state index < -0.39 is 0 Å². The number of carbonyl (C=O) groups is 2. The van der Waals surface area contributed by atoms with Crippen molar-refractivity contribution >= 4 is 11.7 Å². The van der Waals surface area contributed by atoms with Gasteiger partial charge in [-0.05, 0) is 18.8 Å². The van der Waals surface area contributed by atoms with Gasteiger partial charge in [0.25, 0.3) is 5.91 Å². The summed E-state index contributed by atoms with van der Waals surface area (Å²) in [5.41, 5.74) is 0.794. The van der Waals surface area contributed by atoms with Gasteiger partial charge in [0.2, 0.25) is 0 Å². The van der Waals surface area contributed by atoms with Gasteiger partial charge in [-0.3, -0.25) is 9.59 Å². The minimum atomic E-state index is -0.282. The van der Waals surface area contributed by atoms with Crippen LogP contribution < -0.4 is 10.6 Å². The van der Waals surface area contributed by atoms with Gasteiger partial charge in [0.1, 0.15) is 17.8 Å². The van der Waals surface area contributed by atoms with E-state index in [9.17, 15) is 9.59 Å². The summed E-state index contributed by atoms with van der Waals surface area (Å²) in [4.78, 5) is 25.4. The maximum Gasteiger partial charge on any atom is 0.255 e. The number of nitrogens with one attached hydrogen (secondary N) is 2. The molecule has 1 aliphatic carbocycles. The van der Waals surface area contributed by atoms with Gasteiger partial charge in [-0.15, -0.1) is 10.2 Å². The number of aromatic nitrogens is 3. The van der Waals surface area contributed by atoms with E-state index in [0.29, 0.717) is 35.6 Å². The maximum absolute atomic E-state index is 13.1. The Labute approximate surface area is 164 Å². The van der Waals surface area contributed by atoms with Gasteiger partial charge in [0, 0.05) is 38.9 Å². The highest BCUT2D eigenvalue weighted by Crippen LogP contribution is 2.28. The molecule has 0 spiro atoms. The fourth-order valence-corrected chi connectivity index (χ4v) is 4.08. The number of ketones is 1. The lowest BCUT2D eigenvalue weighted by Crippen LogP contribution is -2.33. The molecule has 4 rings (SSSR count). The van der Waals surface area contributed by atoms with Gasteiger partial charge in [-0.25, -0.2) is 0 Å². The fourth-order valence-electron chi connectivity index (χ4n) is 4.08. The summed E-state index contributed by atoms with van der Waals surface area (Å²) >= 11 is 0. The Hall–Kier alpha value is -2.48. The summed E-state index contributed by atoms with van der Waals surface area (Å²) in [5, 5.41) is 15.2. The number of furan rings is 1. The number of nitrogens with zero attached hydrogens (tertiary/aromatic N) is 3. The van der Waals surface area contributed by atoms with E-state index in [4.69, 9.17) is 4.42 Å². The van der Waals surface area contributed by atoms with Crippen LogP contribution in [0.1, 0.15) is 77.3 Å². The number of Topliss-reactive ketones (excluding diaryl/α,β-unsaturated/α-hetero) is 1. The normalized spacial score (nSPS) is 17.8. The SMILES string of the molecule is CC(C)CC(NC(=O)c1coc2c1C(=O)CCC2)c1nnc2n1CCNCC2. The molecular formula is C20H27N5O3. The van der Waals surface area contributed by atoms with E-state index >= 15 is 0 Å². The molecule has 0 saturated carbocycles. The zero-order valence-electron chi connectivity index (χ0n) is 16.5. The van der Waals surface area contributed by atoms with Crippen LogP contribution >= 0.6 is 0 Å². The van der Waals surface area contributed by atoms with E-state index in [1.165, 1.54) is 6.26 Å². The summed E-state index contributed by atoms with van der Waals surface area (Å²) < 4.78 is 7.63. The largest absolute Gasteiger partial charge is 0.468 e. The van der Waals surface area contributed by atoms with Crippen LogP contribution in [0.25, 0.3) is 0 Å². The Kier molecular flexibility index (Phi) is 5.30. The van der Waals surface area contributed by atoms with E-state index in [1.807, 2.05) is 0 Å². The van der Waals surface area contributed by atoms with Crippen molar-refractivity contribution in [2.24, 2.45) is 5.92 Å². The summed E-state index contributed by atoms with van der Waals surface area (Å²) in [6, 6.07) is -0.268. The van der Waals surface area contributed by atoms with Crippen LogP contribution in [0.15, 0.2) is 10.7 Å². The van der Waals surface area contributed by atoms with E-state index in [-0.39, 0.29) is 17.7 Å². The molecule has 8 nitrogen and oxygen atoms in total. The highest BCUT2D eigenvalue weighted by atomic mass is 16.3. The lowest BCUT2D eigenvalue weighted by molar-refractivity contribution is 0.0910. The van der Waals surface area contributed by atoms with Gasteiger partial charge in [-0.2, -0.15) is 0 Å². The predicted octanol–water partition coefficient (Wildman–Crippen LogP) is 2.05. The molecule has 1 unspecified atom stereocenters. The fraction of sp³-hybridized carbons (Fsp3) is 0.600. The highest BCUT2D eigenvalue weighted by molar-refractivity contribution is 6.09. The first-order valence-electron chi connectivity index (χ1n) is 10.1. The van der Waals surface area contributed by atoms with Crippen molar-refractivity contribution in [1.29, 1.82) is 0 Å². The van der Waals surface area contributed by atoms with Gasteiger partial charge >= 0.3 is 0 Å². The highest BCUT2D eigenvalue weighted by Gasteiger charge is 2.30. The number of hydrogen-bond donors (Lipinski definition) is 2. The average Bonchev–Trinajstić information content (AvgIpc) is 3.19. The molecule has 28 heavy (non-hydrogen) atoms. The number of hydrogen-bond acceptors (Lipinski definition) is 6. The third-order valence-electron chi connectivity index (χ3n) is 5.42. The van der Waals surface area contributed by atoms with Crippen LogP contribution in [0, 0.1) is 5.92 Å². The zero-order chi connectivity index (χ0) is 19.7. The molecule has 8 heteroatoms. The van der Waals surface area contributed by atoms with Crippen LogP contribution in [0.4, 0.5) is 0 Å². The molecule has 0 radical (unpaired) electrons. The molecule has 2 N–H and O–H groups in total. The second kappa shape index (κ2) is 7.87. The molecule has 1 amide bonds. The van der Waals surface area contributed by atoms with E-state index in [1.54, 1.807) is 0 Å². The van der Waals surface area contributed by atoms with Crippen molar-refractivity contribution in [2.45, 2.75) is 58.5 Å². The van der Waals surface area contributed by atoms with Crippen LogP contribution in [0.5, 0.6) is 0 Å². The van der Waals surface area contributed by atoms with Crippen molar-refractivity contribution in [1.82, 2.24) is 25.4 Å².